The van der Waals surface area contributed by atoms with E-state index in [9.17, 15) is 34.5 Å². The molecule has 2 aromatic carbocycles. The van der Waals surface area contributed by atoms with Crippen LogP contribution in [-0.2, 0) is 38.1 Å². The van der Waals surface area contributed by atoms with E-state index in [1.165, 1.54) is 12.1 Å². The monoisotopic (exact) mass is 622 g/mol. The second-order valence-corrected chi connectivity index (χ2v) is 13.7. The topological polar surface area (TPSA) is 184 Å². The van der Waals surface area contributed by atoms with Crippen LogP contribution in [0.3, 0.4) is 0 Å². The summed E-state index contributed by atoms with van der Waals surface area (Å²) < 4.78 is 34.7. The maximum absolute atomic E-state index is 13.8. The number of hydrogen-bond acceptors (Lipinski definition) is 13. The molecule has 45 heavy (non-hydrogen) atoms. The van der Waals surface area contributed by atoms with Gasteiger partial charge in [0.25, 0.3) is 0 Å². The Bertz CT molecular complexity index is 1650. The first kappa shape index (κ1) is 28.4. The van der Waals surface area contributed by atoms with Gasteiger partial charge in [-0.3, -0.25) is 0 Å². The number of benzene rings is 2. The lowest BCUT2D eigenvalue weighted by atomic mass is 9.51. The number of para-hydroxylation sites is 1. The summed E-state index contributed by atoms with van der Waals surface area (Å²) in [5, 5.41) is 35.0. The van der Waals surface area contributed by atoms with Crippen LogP contribution < -0.4 is 4.74 Å². The first-order valence-corrected chi connectivity index (χ1v) is 14.7. The van der Waals surface area contributed by atoms with Crippen LogP contribution in [0.4, 0.5) is 0 Å². The van der Waals surface area contributed by atoms with Gasteiger partial charge in [-0.1, -0.05) is 39.0 Å². The highest BCUT2D eigenvalue weighted by molar-refractivity contribution is 5.96. The first-order valence-electron chi connectivity index (χ1n) is 14.7. The normalized spacial score (nSPS) is 43.6. The molecule has 8 rings (SSSR count). The van der Waals surface area contributed by atoms with Crippen molar-refractivity contribution in [2.75, 3.05) is 0 Å². The first-order chi connectivity index (χ1) is 21.3. The highest BCUT2D eigenvalue weighted by atomic mass is 16.8. The van der Waals surface area contributed by atoms with E-state index in [0.717, 1.165) is 0 Å². The number of rotatable bonds is 4. The van der Waals surface area contributed by atoms with E-state index in [0.29, 0.717) is 11.5 Å². The Balaban J connectivity index is 1.23. The van der Waals surface area contributed by atoms with Gasteiger partial charge in [0.05, 0.1) is 16.4 Å². The highest BCUT2D eigenvalue weighted by Crippen LogP contribution is 2.84. The van der Waals surface area contributed by atoms with Gasteiger partial charge in [0.1, 0.15) is 23.7 Å². The molecule has 2 aliphatic carbocycles. The van der Waals surface area contributed by atoms with Crippen LogP contribution in [0.25, 0.3) is 0 Å². The third-order valence-electron chi connectivity index (χ3n) is 10.9. The molecule has 2 spiro atoms. The Hall–Kier alpha value is -4.04. The van der Waals surface area contributed by atoms with Gasteiger partial charge >= 0.3 is 23.9 Å². The number of esters is 4. The smallest absolute Gasteiger partial charge is 0.350 e. The lowest BCUT2D eigenvalue weighted by Crippen LogP contribution is -2.69. The van der Waals surface area contributed by atoms with Gasteiger partial charge in [-0.05, 0) is 54.2 Å². The maximum Gasteiger partial charge on any atom is 0.350 e. The molecule has 0 aromatic heterocycles. The number of carbonyl (C=O) groups excluding carboxylic acids is 4. The van der Waals surface area contributed by atoms with Gasteiger partial charge in [0.15, 0.2) is 17.8 Å². The molecule has 236 valence electrons. The molecule has 3 N–H and O–H groups in total. The van der Waals surface area contributed by atoms with Gasteiger partial charge in [-0.25, -0.2) is 19.2 Å². The van der Waals surface area contributed by atoms with Gasteiger partial charge in [0, 0.05) is 0 Å². The summed E-state index contributed by atoms with van der Waals surface area (Å²) >= 11 is 0. The Kier molecular flexibility index (Phi) is 5.44. The van der Waals surface area contributed by atoms with E-state index < -0.39 is 94.1 Å². The van der Waals surface area contributed by atoms with Crippen molar-refractivity contribution in [3.05, 3.63) is 60.2 Å². The number of carbonyl (C=O) groups is 4. The number of ether oxygens (including phenoxy) is 6. The average Bonchev–Trinajstić information content (AvgIpc) is 3.72. The highest BCUT2D eigenvalue weighted by Gasteiger charge is 3.04. The van der Waals surface area contributed by atoms with Crippen LogP contribution in [0.1, 0.15) is 37.6 Å². The minimum Gasteiger partial charge on any atom is -0.459 e. The standard InChI is InChI=1S/C32H30O13/c1-28(2,3)17-13-18-30-19(33)21-31(39,20(34)24(36)42-21)32(30,26(38)41-18)45-27-29(17,30)22(25(37)44-27)43-23(35)14-9-11-16(12-10-14)40-15-7-5-4-6-8-15/h4-12,17-22,27,33-34,39H,13H2,1-3H3/t17-,18?,19+,20+,21?,22-,27?,29?,30?,31+,32?/m0/s1. The Morgan fingerprint density at radius 2 is 1.58 bits per heavy atom. The summed E-state index contributed by atoms with van der Waals surface area (Å²) in [5.41, 5.74) is -9.85. The van der Waals surface area contributed by atoms with Crippen LogP contribution in [0, 0.1) is 22.2 Å². The molecule has 4 aliphatic heterocycles. The summed E-state index contributed by atoms with van der Waals surface area (Å²) in [6.45, 7) is 5.59. The number of hydrogen-bond donors (Lipinski definition) is 3. The Morgan fingerprint density at radius 3 is 2.24 bits per heavy atom. The van der Waals surface area contributed by atoms with E-state index in [-0.39, 0.29) is 12.0 Å². The fourth-order valence-corrected chi connectivity index (χ4v) is 9.46. The van der Waals surface area contributed by atoms with E-state index in [1.807, 2.05) is 39.0 Å². The molecule has 0 amide bonds. The van der Waals surface area contributed by atoms with Crippen molar-refractivity contribution in [3.63, 3.8) is 0 Å². The Labute approximate surface area is 255 Å². The van der Waals surface area contributed by atoms with Crippen molar-refractivity contribution in [3.8, 4) is 11.5 Å². The van der Waals surface area contributed by atoms with E-state index in [1.54, 1.807) is 24.3 Å². The molecule has 6 unspecified atom stereocenters. The molecular formula is C32H30O13. The van der Waals surface area contributed by atoms with E-state index >= 15 is 0 Å². The maximum atomic E-state index is 13.8. The van der Waals surface area contributed by atoms with Crippen molar-refractivity contribution in [1.29, 1.82) is 0 Å². The quantitative estimate of drug-likeness (QED) is 0.325. The summed E-state index contributed by atoms with van der Waals surface area (Å²) in [5.74, 6) is -3.95. The second-order valence-electron chi connectivity index (χ2n) is 13.7. The van der Waals surface area contributed by atoms with Gasteiger partial charge in [-0.15, -0.1) is 0 Å². The van der Waals surface area contributed by atoms with Crippen LogP contribution in [0.5, 0.6) is 11.5 Å². The van der Waals surface area contributed by atoms with E-state index in [2.05, 4.69) is 0 Å². The molecular weight excluding hydrogens is 592 g/mol. The minimum atomic E-state index is -2.80. The van der Waals surface area contributed by atoms with Crippen molar-refractivity contribution in [1.82, 2.24) is 0 Å². The number of aliphatic hydroxyl groups excluding tert-OH is 2. The van der Waals surface area contributed by atoms with Gasteiger partial charge in [-0.2, -0.15) is 0 Å². The third kappa shape index (κ3) is 2.94. The summed E-state index contributed by atoms with van der Waals surface area (Å²) in [6.07, 6.45) is -10.5. The predicted molar refractivity (Wildman–Crippen MR) is 145 cm³/mol. The summed E-state index contributed by atoms with van der Waals surface area (Å²) in [6, 6.07) is 15.0. The van der Waals surface area contributed by atoms with Crippen LogP contribution in [0.2, 0.25) is 0 Å². The minimum absolute atomic E-state index is 0.0664. The van der Waals surface area contributed by atoms with Gasteiger partial charge in [0.2, 0.25) is 18.0 Å². The zero-order valence-electron chi connectivity index (χ0n) is 24.4. The molecule has 6 aliphatic rings. The van der Waals surface area contributed by atoms with E-state index in [4.69, 9.17) is 28.4 Å². The molecule has 11 atom stereocenters. The van der Waals surface area contributed by atoms with Crippen molar-refractivity contribution in [2.24, 2.45) is 22.2 Å². The van der Waals surface area contributed by atoms with Crippen molar-refractivity contribution in [2.45, 2.75) is 75.2 Å². The molecule has 13 nitrogen and oxygen atoms in total. The summed E-state index contributed by atoms with van der Waals surface area (Å²) in [4.78, 5) is 53.7. The zero-order valence-corrected chi connectivity index (χ0v) is 24.4. The molecule has 4 saturated heterocycles. The van der Waals surface area contributed by atoms with Crippen LogP contribution >= 0.6 is 0 Å². The van der Waals surface area contributed by atoms with Crippen molar-refractivity contribution < 1.29 is 62.9 Å². The molecule has 13 heteroatoms. The van der Waals surface area contributed by atoms with Crippen molar-refractivity contribution >= 4 is 23.9 Å². The molecule has 0 radical (unpaired) electrons. The largest absolute Gasteiger partial charge is 0.459 e. The fraction of sp³-hybridized carbons (Fsp3) is 0.500. The molecule has 2 saturated carbocycles. The Morgan fingerprint density at radius 1 is 0.911 bits per heavy atom. The van der Waals surface area contributed by atoms with Gasteiger partial charge < -0.3 is 43.7 Å². The third-order valence-corrected chi connectivity index (χ3v) is 10.9. The average molecular weight is 623 g/mol. The second kappa shape index (κ2) is 8.60. The lowest BCUT2D eigenvalue weighted by Gasteiger charge is -2.48. The fourth-order valence-electron chi connectivity index (χ4n) is 9.46. The lowest BCUT2D eigenvalue weighted by molar-refractivity contribution is -0.245. The summed E-state index contributed by atoms with van der Waals surface area (Å²) in [7, 11) is 0. The van der Waals surface area contributed by atoms with Crippen LogP contribution in [0.15, 0.2) is 54.6 Å². The molecule has 0 bridgehead atoms. The molecule has 4 heterocycles. The SMILES string of the molecule is CC(C)(C)[C@@H]1CC2OC(=O)C34OC5OC(=O)[C@H](OC(=O)c6ccc(Oc7ccccc7)cc6)C51C23[C@H](O)C1OC(=O)[C@@H](O)[C@@]14O. The molecule has 6 fully saturated rings. The molecule has 2 aromatic rings. The predicted octanol–water partition coefficient (Wildman–Crippen LogP) is 1.01. The zero-order chi connectivity index (χ0) is 31.9. The van der Waals surface area contributed by atoms with Crippen LogP contribution in [-0.4, -0.2) is 87.2 Å². The number of fused-ring (bicyclic) bond motifs is 1. The number of aliphatic hydroxyl groups is 3.